The molecule has 0 aromatic carbocycles. The number of carboxylic acid groups (broad SMARTS) is 1. The van der Waals surface area contributed by atoms with Gasteiger partial charge in [-0.15, -0.1) is 0 Å². The number of rotatable bonds is 2. The van der Waals surface area contributed by atoms with Gasteiger partial charge in [0.2, 0.25) is 0 Å². The van der Waals surface area contributed by atoms with Crippen LogP contribution in [0.2, 0.25) is 0 Å². The van der Waals surface area contributed by atoms with Gasteiger partial charge in [0.15, 0.2) is 0 Å². The van der Waals surface area contributed by atoms with Crippen LogP contribution in [0.4, 0.5) is 0 Å². The Labute approximate surface area is 84.3 Å². The highest BCUT2D eigenvalue weighted by molar-refractivity contribution is 5.86. The van der Waals surface area contributed by atoms with Crippen LogP contribution in [0.15, 0.2) is 0 Å². The van der Waals surface area contributed by atoms with Gasteiger partial charge >= 0.3 is 5.97 Å². The van der Waals surface area contributed by atoms with Crippen molar-refractivity contribution in [3.05, 3.63) is 0 Å². The molecule has 2 N–H and O–H groups in total. The SMILES string of the molecule is CN1CCCC(NCC#CC(=O)O)C1. The van der Waals surface area contributed by atoms with Crippen molar-refractivity contribution in [2.24, 2.45) is 0 Å². The number of aliphatic carboxylic acids is 1. The molecule has 4 heteroatoms. The van der Waals surface area contributed by atoms with E-state index in [1.165, 1.54) is 6.42 Å². The van der Waals surface area contributed by atoms with Gasteiger partial charge in [0, 0.05) is 18.5 Å². The summed E-state index contributed by atoms with van der Waals surface area (Å²) in [5.74, 6) is 3.59. The summed E-state index contributed by atoms with van der Waals surface area (Å²) in [6.07, 6.45) is 2.35. The Bertz CT molecular complexity index is 255. The minimum atomic E-state index is -1.06. The predicted molar refractivity (Wildman–Crippen MR) is 53.9 cm³/mol. The number of nitrogens with zero attached hydrogens (tertiary/aromatic N) is 1. The Morgan fingerprint density at radius 3 is 3.14 bits per heavy atom. The number of likely N-dealkylation sites (N-methyl/N-ethyl adjacent to an activating group) is 1. The van der Waals surface area contributed by atoms with Gasteiger partial charge in [-0.3, -0.25) is 0 Å². The molecule has 1 unspecified atom stereocenters. The Hall–Kier alpha value is -1.05. The summed E-state index contributed by atoms with van der Waals surface area (Å²) >= 11 is 0. The van der Waals surface area contributed by atoms with Crippen LogP contribution < -0.4 is 5.32 Å². The normalized spacial score (nSPS) is 22.5. The fraction of sp³-hybridized carbons (Fsp3) is 0.700. The molecule has 14 heavy (non-hydrogen) atoms. The quantitative estimate of drug-likeness (QED) is 0.598. The van der Waals surface area contributed by atoms with Crippen LogP contribution in [0, 0.1) is 11.8 Å². The zero-order valence-corrected chi connectivity index (χ0v) is 8.42. The summed E-state index contributed by atoms with van der Waals surface area (Å²) in [7, 11) is 2.09. The molecule has 1 fully saturated rings. The highest BCUT2D eigenvalue weighted by Gasteiger charge is 2.15. The standard InChI is InChI=1S/C10H16N2O2/c1-12-7-3-4-9(8-12)11-6-2-5-10(13)14/h9,11H,3-4,6-8H2,1H3,(H,13,14). The van der Waals surface area contributed by atoms with Crippen LogP contribution in [0.5, 0.6) is 0 Å². The molecule has 0 aromatic heterocycles. The monoisotopic (exact) mass is 196 g/mol. The zero-order valence-electron chi connectivity index (χ0n) is 8.42. The van der Waals surface area contributed by atoms with E-state index < -0.39 is 5.97 Å². The number of piperidine rings is 1. The molecule has 1 saturated heterocycles. The van der Waals surface area contributed by atoms with E-state index in [9.17, 15) is 4.79 Å². The lowest BCUT2D eigenvalue weighted by Gasteiger charge is -2.29. The van der Waals surface area contributed by atoms with Crippen molar-refractivity contribution in [1.29, 1.82) is 0 Å². The van der Waals surface area contributed by atoms with Crippen molar-refractivity contribution in [1.82, 2.24) is 10.2 Å². The third-order valence-corrected chi connectivity index (χ3v) is 2.30. The van der Waals surface area contributed by atoms with Gasteiger partial charge in [0.05, 0.1) is 6.54 Å². The molecule has 78 valence electrons. The molecule has 0 aliphatic carbocycles. The van der Waals surface area contributed by atoms with Gasteiger partial charge in [-0.05, 0) is 26.4 Å². The second-order valence-corrected chi connectivity index (χ2v) is 3.59. The van der Waals surface area contributed by atoms with Gasteiger partial charge in [-0.25, -0.2) is 4.79 Å². The molecule has 1 aliphatic heterocycles. The minimum Gasteiger partial charge on any atom is -0.472 e. The Morgan fingerprint density at radius 1 is 1.71 bits per heavy atom. The highest BCUT2D eigenvalue weighted by atomic mass is 16.4. The third-order valence-electron chi connectivity index (χ3n) is 2.30. The van der Waals surface area contributed by atoms with E-state index in [1.807, 2.05) is 0 Å². The van der Waals surface area contributed by atoms with Gasteiger partial charge in [-0.1, -0.05) is 5.92 Å². The van der Waals surface area contributed by atoms with E-state index >= 15 is 0 Å². The maximum atomic E-state index is 10.1. The molecule has 0 bridgehead atoms. The molecule has 0 amide bonds. The number of hydrogen-bond acceptors (Lipinski definition) is 3. The molecular weight excluding hydrogens is 180 g/mol. The van der Waals surface area contributed by atoms with Gasteiger partial charge in [0.1, 0.15) is 0 Å². The molecule has 1 rings (SSSR count). The average Bonchev–Trinajstić information content (AvgIpc) is 2.12. The largest absolute Gasteiger partial charge is 0.472 e. The van der Waals surface area contributed by atoms with Crippen molar-refractivity contribution in [2.75, 3.05) is 26.7 Å². The van der Waals surface area contributed by atoms with Crippen LogP contribution in [0.25, 0.3) is 0 Å². The Kier molecular flexibility index (Phi) is 4.44. The van der Waals surface area contributed by atoms with E-state index in [2.05, 4.69) is 29.1 Å². The van der Waals surface area contributed by atoms with Crippen molar-refractivity contribution >= 4 is 5.97 Å². The first kappa shape index (κ1) is 11.0. The molecule has 0 aromatic rings. The van der Waals surface area contributed by atoms with Crippen molar-refractivity contribution in [3.8, 4) is 11.8 Å². The highest BCUT2D eigenvalue weighted by Crippen LogP contribution is 2.06. The van der Waals surface area contributed by atoms with Crippen molar-refractivity contribution in [2.45, 2.75) is 18.9 Å². The van der Waals surface area contributed by atoms with Gasteiger partial charge in [0.25, 0.3) is 0 Å². The topological polar surface area (TPSA) is 52.6 Å². The van der Waals surface area contributed by atoms with E-state index in [-0.39, 0.29) is 0 Å². The smallest absolute Gasteiger partial charge is 0.381 e. The van der Waals surface area contributed by atoms with E-state index in [0.717, 1.165) is 19.5 Å². The van der Waals surface area contributed by atoms with Crippen LogP contribution in [0.1, 0.15) is 12.8 Å². The van der Waals surface area contributed by atoms with Gasteiger partial charge < -0.3 is 15.3 Å². The predicted octanol–water partition coefficient (Wildman–Crippen LogP) is -0.242. The molecule has 0 radical (unpaired) electrons. The molecule has 0 spiro atoms. The lowest BCUT2D eigenvalue weighted by atomic mass is 10.1. The summed E-state index contributed by atoms with van der Waals surface area (Å²) in [6, 6.07) is 0.455. The molecule has 1 atom stereocenters. The van der Waals surface area contributed by atoms with Crippen LogP contribution in [-0.4, -0.2) is 48.7 Å². The summed E-state index contributed by atoms with van der Waals surface area (Å²) in [4.78, 5) is 12.4. The second kappa shape index (κ2) is 5.63. The first-order valence-corrected chi connectivity index (χ1v) is 4.82. The first-order valence-electron chi connectivity index (χ1n) is 4.82. The summed E-state index contributed by atoms with van der Waals surface area (Å²) in [5, 5.41) is 11.5. The van der Waals surface area contributed by atoms with Crippen LogP contribution in [0.3, 0.4) is 0 Å². The van der Waals surface area contributed by atoms with Crippen molar-refractivity contribution in [3.63, 3.8) is 0 Å². The van der Waals surface area contributed by atoms with Crippen molar-refractivity contribution < 1.29 is 9.90 Å². The number of carbonyl (C=O) groups is 1. The molecule has 0 saturated carbocycles. The number of nitrogens with one attached hydrogen (secondary N) is 1. The fourth-order valence-corrected chi connectivity index (χ4v) is 1.65. The zero-order chi connectivity index (χ0) is 10.4. The van der Waals surface area contributed by atoms with Gasteiger partial charge in [-0.2, -0.15) is 0 Å². The van der Waals surface area contributed by atoms with Crippen LogP contribution >= 0.6 is 0 Å². The number of hydrogen-bond donors (Lipinski definition) is 2. The number of likely N-dealkylation sites (tertiary alicyclic amines) is 1. The second-order valence-electron chi connectivity index (χ2n) is 3.59. The summed E-state index contributed by atoms with van der Waals surface area (Å²) in [6.45, 7) is 2.64. The molecule has 1 heterocycles. The molecule has 1 aliphatic rings. The minimum absolute atomic E-state index is 0.455. The molecular formula is C10H16N2O2. The lowest BCUT2D eigenvalue weighted by Crippen LogP contribution is -2.44. The average molecular weight is 196 g/mol. The Morgan fingerprint density at radius 2 is 2.50 bits per heavy atom. The number of carboxylic acids is 1. The van der Waals surface area contributed by atoms with E-state index in [4.69, 9.17) is 5.11 Å². The Balaban J connectivity index is 2.18. The summed E-state index contributed by atoms with van der Waals surface area (Å²) < 4.78 is 0. The maximum Gasteiger partial charge on any atom is 0.381 e. The summed E-state index contributed by atoms with van der Waals surface area (Å²) in [5.41, 5.74) is 0. The first-order chi connectivity index (χ1) is 6.68. The maximum absolute atomic E-state index is 10.1. The molecule has 4 nitrogen and oxygen atoms in total. The van der Waals surface area contributed by atoms with Crippen LogP contribution in [-0.2, 0) is 4.79 Å². The third kappa shape index (κ3) is 4.26. The lowest BCUT2D eigenvalue weighted by molar-refractivity contribution is -0.130. The fourth-order valence-electron chi connectivity index (χ4n) is 1.65. The van der Waals surface area contributed by atoms with E-state index in [0.29, 0.717) is 12.6 Å². The van der Waals surface area contributed by atoms with E-state index in [1.54, 1.807) is 0 Å².